The number of Topliss-reactive ketones (excluding diaryl/α,β-unsaturated/α-hetero) is 1. The van der Waals surface area contributed by atoms with Crippen LogP contribution in [0.2, 0.25) is 18.1 Å². The van der Waals surface area contributed by atoms with Gasteiger partial charge in [0.05, 0.1) is 44.4 Å². The second-order valence-electron chi connectivity index (χ2n) is 15.8. The lowest BCUT2D eigenvalue weighted by Gasteiger charge is -2.68. The lowest BCUT2D eigenvalue weighted by Crippen LogP contribution is -2.82. The van der Waals surface area contributed by atoms with Crippen LogP contribution in [-0.4, -0.2) is 105 Å². The minimum Gasteiger partial charge on any atom is -0.497 e. The van der Waals surface area contributed by atoms with Crippen LogP contribution in [0.15, 0.2) is 29.3 Å². The van der Waals surface area contributed by atoms with E-state index in [0.29, 0.717) is 11.3 Å². The molecule has 1 heterocycles. The van der Waals surface area contributed by atoms with E-state index in [1.165, 1.54) is 34.1 Å². The van der Waals surface area contributed by atoms with Crippen LogP contribution >= 0.6 is 0 Å². The zero-order chi connectivity index (χ0) is 39.5. The zero-order valence-corrected chi connectivity index (χ0v) is 33.8. The van der Waals surface area contributed by atoms with Gasteiger partial charge in [-0.1, -0.05) is 34.6 Å². The molecular formula is C39H56O13Si. The van der Waals surface area contributed by atoms with Gasteiger partial charge in [0.2, 0.25) is 0 Å². The summed E-state index contributed by atoms with van der Waals surface area (Å²) in [5.74, 6) is -3.74. The fourth-order valence-corrected chi connectivity index (χ4v) is 12.7. The van der Waals surface area contributed by atoms with E-state index in [1.807, 2.05) is 0 Å². The number of hydrogen-bond acceptors (Lipinski definition) is 13. The lowest BCUT2D eigenvalue weighted by atomic mass is 9.44. The molecule has 53 heavy (non-hydrogen) atoms. The number of ketones is 1. The molecule has 3 aliphatic carbocycles. The molecule has 0 spiro atoms. The zero-order valence-electron chi connectivity index (χ0n) is 32.8. The first-order valence-electron chi connectivity index (χ1n) is 18.5. The van der Waals surface area contributed by atoms with Crippen molar-refractivity contribution in [1.82, 2.24) is 0 Å². The maximum Gasteiger partial charge on any atom is 0.342 e. The van der Waals surface area contributed by atoms with Gasteiger partial charge in [-0.25, -0.2) is 4.79 Å². The Balaban J connectivity index is 1.89. The van der Waals surface area contributed by atoms with Crippen LogP contribution in [0.5, 0.6) is 11.5 Å². The lowest BCUT2D eigenvalue weighted by molar-refractivity contribution is -0.344. The van der Waals surface area contributed by atoms with Gasteiger partial charge in [-0.2, -0.15) is 0 Å². The van der Waals surface area contributed by atoms with Crippen molar-refractivity contribution >= 4 is 32.0 Å². The predicted octanol–water partition coefficient (Wildman–Crippen LogP) is 4.70. The van der Waals surface area contributed by atoms with Crippen LogP contribution in [0.3, 0.4) is 0 Å². The Bertz CT molecular complexity index is 1660. The number of hydrogen-bond donors (Lipinski definition) is 2. The Morgan fingerprint density at radius 2 is 1.62 bits per heavy atom. The third-order valence-corrected chi connectivity index (χ3v) is 17.8. The Kier molecular flexibility index (Phi) is 11.1. The van der Waals surface area contributed by atoms with Crippen molar-refractivity contribution in [3.05, 3.63) is 34.9 Å². The molecule has 5 rings (SSSR count). The molecule has 0 amide bonds. The standard InChI is InChI=1S/C39H56O13Si/c1-12-53(13-2,14-3)52-28-18-29-38(20-48-29,51-23(6)41)32-34(50-35(44)25-17-24(46-10)15-16-27(25)47-11)39(45)19-26(42)21(4)30(36(39,7)8)31(49-22(5)40)33(43)37(28,32)9/h15-17,26,28-29,31-32,34,42,45H,12-14,18-20H2,1-11H3/t26-,28-,29+,31+,32-,34-,37+,38-,39+/m0/s1. The average molecular weight is 761 g/mol. The number of aliphatic hydroxyl groups excluding tert-OH is 1. The van der Waals surface area contributed by atoms with E-state index >= 15 is 4.79 Å². The van der Waals surface area contributed by atoms with Gasteiger partial charge in [0.25, 0.3) is 0 Å². The minimum atomic E-state index is -2.53. The van der Waals surface area contributed by atoms with Crippen molar-refractivity contribution in [1.29, 1.82) is 0 Å². The van der Waals surface area contributed by atoms with E-state index in [9.17, 15) is 24.6 Å². The number of carbonyl (C=O) groups excluding carboxylic acids is 4. The summed E-state index contributed by atoms with van der Waals surface area (Å²) in [7, 11) is 0.312. The van der Waals surface area contributed by atoms with E-state index in [4.69, 9.17) is 32.8 Å². The highest BCUT2D eigenvalue weighted by Crippen LogP contribution is 2.65. The summed E-state index contributed by atoms with van der Waals surface area (Å²) in [6.45, 7) is 15.1. The minimum absolute atomic E-state index is 0.0228. The van der Waals surface area contributed by atoms with E-state index in [-0.39, 0.29) is 36.3 Å². The molecule has 4 aliphatic rings. The topological polar surface area (TPSA) is 173 Å². The van der Waals surface area contributed by atoms with Gasteiger partial charge in [0, 0.05) is 32.1 Å². The van der Waals surface area contributed by atoms with Crippen molar-refractivity contribution in [3.63, 3.8) is 0 Å². The van der Waals surface area contributed by atoms with Crippen LogP contribution in [0.4, 0.5) is 0 Å². The summed E-state index contributed by atoms with van der Waals surface area (Å²) in [4.78, 5) is 56.4. The molecule has 0 radical (unpaired) electrons. The summed E-state index contributed by atoms with van der Waals surface area (Å²) < 4.78 is 43.1. The average Bonchev–Trinajstić information content (AvgIpc) is 3.10. The molecular weight excluding hydrogens is 705 g/mol. The van der Waals surface area contributed by atoms with Gasteiger partial charge < -0.3 is 43.1 Å². The molecule has 294 valence electrons. The number of rotatable bonds is 11. The maximum atomic E-state index is 15.8. The van der Waals surface area contributed by atoms with E-state index in [2.05, 4.69) is 20.8 Å². The van der Waals surface area contributed by atoms with Gasteiger partial charge >= 0.3 is 17.9 Å². The number of fused-ring (bicyclic) bond motifs is 5. The molecule has 3 fully saturated rings. The molecule has 1 aliphatic heterocycles. The van der Waals surface area contributed by atoms with Crippen LogP contribution in [0.1, 0.15) is 85.5 Å². The quantitative estimate of drug-likeness (QED) is 0.138. The molecule has 0 aromatic heterocycles. The number of benzene rings is 1. The predicted molar refractivity (Wildman–Crippen MR) is 194 cm³/mol. The molecule has 2 saturated carbocycles. The van der Waals surface area contributed by atoms with Gasteiger partial charge in [-0.3, -0.25) is 14.4 Å². The first-order chi connectivity index (χ1) is 24.8. The number of methoxy groups -OCH3 is 2. The van der Waals surface area contributed by atoms with Gasteiger partial charge in [-0.05, 0) is 61.3 Å². The van der Waals surface area contributed by atoms with E-state index < -0.39 is 90.5 Å². The van der Waals surface area contributed by atoms with Crippen molar-refractivity contribution in [2.75, 3.05) is 20.8 Å². The molecule has 1 aromatic rings. The maximum absolute atomic E-state index is 15.8. The highest BCUT2D eigenvalue weighted by Gasteiger charge is 2.78. The number of carbonyl (C=O) groups is 4. The molecule has 1 aromatic carbocycles. The Morgan fingerprint density at radius 3 is 2.13 bits per heavy atom. The van der Waals surface area contributed by atoms with Gasteiger partial charge in [-0.15, -0.1) is 0 Å². The first kappa shape index (κ1) is 40.9. The van der Waals surface area contributed by atoms with Crippen LogP contribution in [-0.2, 0) is 37.8 Å². The second-order valence-corrected chi connectivity index (χ2v) is 20.5. The van der Waals surface area contributed by atoms with Crippen molar-refractivity contribution in [3.8, 4) is 11.5 Å². The van der Waals surface area contributed by atoms with E-state index in [0.717, 1.165) is 18.1 Å². The third-order valence-electron chi connectivity index (χ3n) is 13.1. The van der Waals surface area contributed by atoms with Gasteiger partial charge in [0.15, 0.2) is 25.8 Å². The molecule has 2 N–H and O–H groups in total. The monoisotopic (exact) mass is 760 g/mol. The normalized spacial score (nSPS) is 34.7. The second kappa shape index (κ2) is 14.4. The number of aliphatic hydroxyl groups is 2. The highest BCUT2D eigenvalue weighted by molar-refractivity contribution is 6.73. The fourth-order valence-electron chi connectivity index (χ4n) is 9.75. The molecule has 13 nitrogen and oxygen atoms in total. The SMILES string of the molecule is CC[Si](CC)(CC)O[C@H]1C[C@H]2OC[C@@]2(OC(C)=O)[C@H]2[C@H](OC(=O)c3cc(OC)ccc3OC)[C@]3(O)C[C@H](O)C(C)=C([C@@H](OC(C)=O)C(=O)[C@]12C)C3(C)C. The smallest absolute Gasteiger partial charge is 0.342 e. The largest absolute Gasteiger partial charge is 0.497 e. The number of ether oxygens (including phenoxy) is 6. The third kappa shape index (κ3) is 6.22. The Hall–Kier alpha value is -3.30. The van der Waals surface area contributed by atoms with E-state index in [1.54, 1.807) is 39.8 Å². The van der Waals surface area contributed by atoms with Crippen LogP contribution < -0.4 is 9.47 Å². The van der Waals surface area contributed by atoms with Crippen molar-refractivity contribution < 1.29 is 62.2 Å². The summed E-state index contributed by atoms with van der Waals surface area (Å²) >= 11 is 0. The van der Waals surface area contributed by atoms with Crippen LogP contribution in [0.25, 0.3) is 0 Å². The summed E-state index contributed by atoms with van der Waals surface area (Å²) in [5.41, 5.74) is -6.42. The highest BCUT2D eigenvalue weighted by atomic mass is 28.4. The van der Waals surface area contributed by atoms with Crippen LogP contribution in [0, 0.1) is 16.7 Å². The Labute approximate surface area is 312 Å². The summed E-state index contributed by atoms with van der Waals surface area (Å²) in [6.07, 6.45) is -6.44. The summed E-state index contributed by atoms with van der Waals surface area (Å²) in [6, 6.07) is 6.82. The summed E-state index contributed by atoms with van der Waals surface area (Å²) in [5, 5.41) is 25.1. The Morgan fingerprint density at radius 1 is 0.981 bits per heavy atom. The molecule has 2 bridgehead atoms. The molecule has 14 heteroatoms. The fraction of sp³-hybridized carbons (Fsp3) is 0.692. The molecule has 1 saturated heterocycles. The van der Waals surface area contributed by atoms with Crippen molar-refractivity contribution in [2.45, 2.75) is 135 Å². The number of esters is 3. The first-order valence-corrected chi connectivity index (χ1v) is 21.0. The molecule has 0 unspecified atom stereocenters. The van der Waals surface area contributed by atoms with Gasteiger partial charge in [0.1, 0.15) is 34.9 Å². The molecule has 9 atom stereocenters. The van der Waals surface area contributed by atoms with Crippen molar-refractivity contribution in [2.24, 2.45) is 16.7 Å².